The molecule has 142 valence electrons. The highest BCUT2D eigenvalue weighted by molar-refractivity contribution is 5.87. The molecule has 10 atom stereocenters. The maximum absolute atomic E-state index is 13.0. The van der Waals surface area contributed by atoms with Gasteiger partial charge < -0.3 is 10.2 Å². The highest BCUT2D eigenvalue weighted by Crippen LogP contribution is 2.83. The molecular formula is C22H31NO3. The molecular weight excluding hydrogens is 326 g/mol. The summed E-state index contributed by atoms with van der Waals surface area (Å²) in [5, 5.41) is 22.8. The third-order valence-corrected chi connectivity index (χ3v) is 10.4. The predicted molar refractivity (Wildman–Crippen MR) is 97.2 cm³/mol. The zero-order valence-electron chi connectivity index (χ0n) is 15.9. The Balaban J connectivity index is 1.62. The lowest BCUT2D eigenvalue weighted by Crippen LogP contribution is -2.68. The van der Waals surface area contributed by atoms with E-state index in [0.29, 0.717) is 24.3 Å². The minimum absolute atomic E-state index is 0.130. The number of piperidine rings is 1. The first-order valence-electron chi connectivity index (χ1n) is 10.6. The van der Waals surface area contributed by atoms with Gasteiger partial charge >= 0.3 is 0 Å². The Hall–Kier alpha value is -0.710. The lowest BCUT2D eigenvalue weighted by molar-refractivity contribution is -0.211. The van der Waals surface area contributed by atoms with Crippen molar-refractivity contribution >= 4 is 5.78 Å². The van der Waals surface area contributed by atoms with Gasteiger partial charge in [-0.25, -0.2) is 0 Å². The fraction of sp³-hybridized carbons (Fsp3) is 0.864. The normalized spacial score (nSPS) is 62.7. The third-order valence-electron chi connectivity index (χ3n) is 10.4. The number of carbonyl (C=O) groups is 1. The number of fused-ring (bicyclic) bond motifs is 1. The van der Waals surface area contributed by atoms with Crippen molar-refractivity contribution in [2.75, 3.05) is 13.1 Å². The summed E-state index contributed by atoms with van der Waals surface area (Å²) in [6, 6.07) is 0.331. The van der Waals surface area contributed by atoms with Gasteiger partial charge in [-0.2, -0.15) is 0 Å². The van der Waals surface area contributed by atoms with Crippen molar-refractivity contribution in [3.63, 3.8) is 0 Å². The van der Waals surface area contributed by atoms with Crippen molar-refractivity contribution in [3.05, 3.63) is 12.2 Å². The average molecular weight is 357 g/mol. The van der Waals surface area contributed by atoms with Crippen molar-refractivity contribution in [1.29, 1.82) is 0 Å². The molecule has 0 aromatic carbocycles. The second kappa shape index (κ2) is 4.47. The molecule has 4 nitrogen and oxygen atoms in total. The molecule has 1 saturated heterocycles. The second-order valence-electron chi connectivity index (χ2n) is 10.7. The molecule has 3 unspecified atom stereocenters. The van der Waals surface area contributed by atoms with Crippen LogP contribution in [0.3, 0.4) is 0 Å². The van der Waals surface area contributed by atoms with Gasteiger partial charge in [0.2, 0.25) is 0 Å². The number of carbonyl (C=O) groups excluding carboxylic acids is 1. The number of likely N-dealkylation sites (tertiary alicyclic amines) is 1. The van der Waals surface area contributed by atoms with Crippen LogP contribution in [0.15, 0.2) is 12.2 Å². The highest BCUT2D eigenvalue weighted by Gasteiger charge is 2.85. The van der Waals surface area contributed by atoms with Gasteiger partial charge in [0.25, 0.3) is 0 Å². The van der Waals surface area contributed by atoms with E-state index in [1.807, 2.05) is 0 Å². The van der Waals surface area contributed by atoms with E-state index in [-0.39, 0.29) is 40.0 Å². The highest BCUT2D eigenvalue weighted by atomic mass is 16.3. The lowest BCUT2D eigenvalue weighted by Gasteiger charge is -2.65. The maximum atomic E-state index is 13.0. The van der Waals surface area contributed by atoms with Gasteiger partial charge in [-0.1, -0.05) is 20.4 Å². The van der Waals surface area contributed by atoms with E-state index >= 15 is 0 Å². The summed E-state index contributed by atoms with van der Waals surface area (Å²) >= 11 is 0. The van der Waals surface area contributed by atoms with Gasteiger partial charge in [0, 0.05) is 35.8 Å². The number of Topliss-reactive ketones (excluding diaryl/α,β-unsaturated/α-hetero) is 1. The summed E-state index contributed by atoms with van der Waals surface area (Å²) in [4.78, 5) is 15.6. The number of aliphatic hydroxyl groups excluding tert-OH is 2. The number of nitrogens with zero attached hydrogens (tertiary/aromatic N) is 1. The Kier molecular flexibility index (Phi) is 2.80. The molecule has 0 radical (unpaired) electrons. The predicted octanol–water partition coefficient (Wildman–Crippen LogP) is 2.00. The van der Waals surface area contributed by atoms with Crippen LogP contribution in [0, 0.1) is 39.9 Å². The van der Waals surface area contributed by atoms with Gasteiger partial charge in [-0.15, -0.1) is 0 Å². The Morgan fingerprint density at radius 2 is 2.08 bits per heavy atom. The fourth-order valence-electron chi connectivity index (χ4n) is 9.75. The molecule has 5 aliphatic carbocycles. The van der Waals surface area contributed by atoms with Crippen molar-refractivity contribution in [3.8, 4) is 0 Å². The molecule has 5 saturated carbocycles. The minimum atomic E-state index is -0.561. The summed E-state index contributed by atoms with van der Waals surface area (Å²) in [5.74, 6) is 1.16. The van der Waals surface area contributed by atoms with Gasteiger partial charge in [-0.3, -0.25) is 9.69 Å². The van der Waals surface area contributed by atoms with Crippen LogP contribution in [0.4, 0.5) is 0 Å². The Morgan fingerprint density at radius 3 is 2.81 bits per heavy atom. The molecule has 0 aromatic rings. The van der Waals surface area contributed by atoms with E-state index in [2.05, 4.69) is 25.3 Å². The standard InChI is InChI=1S/C22H31NO3/c1-4-23-10-20(3)6-5-17(25)22-15(20)7-13(18(22)23)21-9-12(11(2)19(21)26)14(24)8-16(21)22/h12-13,15-19,25-26H,2,4-10H2,1,3H3/t12-,13?,15+,16?,17-,18?,19+,20-,21+,22-/m0/s1. The zero-order valence-corrected chi connectivity index (χ0v) is 15.9. The van der Waals surface area contributed by atoms with Crippen molar-refractivity contribution in [1.82, 2.24) is 4.90 Å². The molecule has 0 amide bonds. The van der Waals surface area contributed by atoms with E-state index in [4.69, 9.17) is 0 Å². The molecule has 6 aliphatic rings. The fourth-order valence-corrected chi connectivity index (χ4v) is 9.75. The quantitative estimate of drug-likeness (QED) is 0.705. The molecule has 2 N–H and O–H groups in total. The van der Waals surface area contributed by atoms with Crippen LogP contribution in [0.25, 0.3) is 0 Å². The Bertz CT molecular complexity index is 735. The monoisotopic (exact) mass is 357 g/mol. The van der Waals surface area contributed by atoms with Crippen LogP contribution in [-0.4, -0.2) is 52.2 Å². The van der Waals surface area contributed by atoms with E-state index in [9.17, 15) is 15.0 Å². The van der Waals surface area contributed by atoms with E-state index in [0.717, 1.165) is 44.3 Å². The lowest BCUT2D eigenvalue weighted by atomic mass is 9.43. The van der Waals surface area contributed by atoms with E-state index < -0.39 is 6.10 Å². The van der Waals surface area contributed by atoms with Crippen LogP contribution in [0.2, 0.25) is 0 Å². The molecule has 2 spiro atoms. The third kappa shape index (κ3) is 1.33. The summed E-state index contributed by atoms with van der Waals surface area (Å²) < 4.78 is 0. The molecule has 26 heavy (non-hydrogen) atoms. The molecule has 1 aliphatic heterocycles. The van der Waals surface area contributed by atoms with E-state index in [1.54, 1.807) is 0 Å². The largest absolute Gasteiger partial charge is 0.392 e. The summed E-state index contributed by atoms with van der Waals surface area (Å²) in [7, 11) is 0. The minimum Gasteiger partial charge on any atom is -0.392 e. The zero-order chi connectivity index (χ0) is 18.2. The van der Waals surface area contributed by atoms with Crippen LogP contribution in [0.5, 0.6) is 0 Å². The SMILES string of the molecule is C=C1[C@@H]2C[C@]3(C4C[C@@H]5[C@@]6(C)CC[C@H](O)[C@@]5(C4N(CC)C6)C3CC2=O)[C@@H]1O. The van der Waals surface area contributed by atoms with Gasteiger partial charge in [0.15, 0.2) is 0 Å². The van der Waals surface area contributed by atoms with Crippen LogP contribution < -0.4 is 0 Å². The molecule has 1 heterocycles. The number of ketones is 1. The Labute approximate surface area is 155 Å². The smallest absolute Gasteiger partial charge is 0.140 e. The molecule has 7 bridgehead atoms. The number of rotatable bonds is 1. The van der Waals surface area contributed by atoms with Crippen molar-refractivity contribution in [2.45, 2.75) is 64.2 Å². The first-order valence-corrected chi connectivity index (χ1v) is 10.6. The molecule has 6 fully saturated rings. The second-order valence-corrected chi connectivity index (χ2v) is 10.7. The van der Waals surface area contributed by atoms with Crippen LogP contribution in [-0.2, 0) is 4.79 Å². The molecule has 4 heteroatoms. The van der Waals surface area contributed by atoms with Gasteiger partial charge in [0.1, 0.15) is 5.78 Å². The Morgan fingerprint density at radius 1 is 1.31 bits per heavy atom. The molecule has 6 rings (SSSR count). The topological polar surface area (TPSA) is 60.8 Å². The van der Waals surface area contributed by atoms with Crippen molar-refractivity contribution in [2.24, 2.45) is 39.9 Å². The summed E-state index contributed by atoms with van der Waals surface area (Å²) in [5.41, 5.74) is 0.598. The molecule has 0 aromatic heterocycles. The summed E-state index contributed by atoms with van der Waals surface area (Å²) in [6.45, 7) is 10.9. The van der Waals surface area contributed by atoms with E-state index in [1.165, 1.54) is 0 Å². The number of aliphatic hydroxyl groups is 2. The number of hydrogen-bond acceptors (Lipinski definition) is 4. The summed E-state index contributed by atoms with van der Waals surface area (Å²) in [6.07, 6.45) is 3.50. The first-order chi connectivity index (χ1) is 12.3. The van der Waals surface area contributed by atoms with Gasteiger partial charge in [-0.05, 0) is 61.0 Å². The maximum Gasteiger partial charge on any atom is 0.140 e. The van der Waals surface area contributed by atoms with Crippen molar-refractivity contribution < 1.29 is 15.0 Å². The van der Waals surface area contributed by atoms with Crippen LogP contribution in [0.1, 0.15) is 46.0 Å². The first kappa shape index (κ1) is 16.3. The average Bonchev–Trinajstić information content (AvgIpc) is 3.14. The van der Waals surface area contributed by atoms with Crippen LogP contribution >= 0.6 is 0 Å². The number of hydrogen-bond donors (Lipinski definition) is 2. The van der Waals surface area contributed by atoms with Gasteiger partial charge in [0.05, 0.1) is 12.2 Å².